The summed E-state index contributed by atoms with van der Waals surface area (Å²) in [5.74, 6) is 0.718. The molecule has 1 nitrogen and oxygen atoms in total. The first kappa shape index (κ1) is 11.9. The summed E-state index contributed by atoms with van der Waals surface area (Å²) in [7, 11) is 0. The van der Waals surface area contributed by atoms with Gasteiger partial charge in [-0.1, -0.05) is 37.1 Å². The Hall–Kier alpha value is -0.530. The molecule has 1 fully saturated rings. The molecule has 0 saturated heterocycles. The molecule has 0 aliphatic heterocycles. The zero-order valence-electron chi connectivity index (χ0n) is 9.88. The molecule has 1 N–H and O–H groups in total. The van der Waals surface area contributed by atoms with Gasteiger partial charge in [-0.25, -0.2) is 0 Å². The van der Waals surface area contributed by atoms with Crippen LogP contribution in [-0.4, -0.2) is 12.6 Å². The molecular weight excluding hydrogens is 218 g/mol. The smallest absolute Gasteiger partial charge is 0.0406 e. The third-order valence-corrected chi connectivity index (χ3v) is 3.76. The van der Waals surface area contributed by atoms with Crippen LogP contribution in [0, 0.1) is 0 Å². The molecule has 0 aromatic heterocycles. The molecule has 2 unspecified atom stereocenters. The monoisotopic (exact) mass is 237 g/mol. The topological polar surface area (TPSA) is 12.0 Å². The van der Waals surface area contributed by atoms with E-state index >= 15 is 0 Å². The fraction of sp³-hybridized carbons (Fsp3) is 0.571. The van der Waals surface area contributed by atoms with Crippen LogP contribution in [0.4, 0.5) is 0 Å². The number of halogens is 1. The van der Waals surface area contributed by atoms with Gasteiger partial charge in [0, 0.05) is 11.1 Å². The summed E-state index contributed by atoms with van der Waals surface area (Å²) in [6.07, 6.45) is 5.27. The lowest BCUT2D eigenvalue weighted by molar-refractivity contribution is 0.344. The van der Waals surface area contributed by atoms with Crippen LogP contribution < -0.4 is 5.32 Å². The number of nitrogens with one attached hydrogen (secondary N) is 1. The van der Waals surface area contributed by atoms with Crippen molar-refractivity contribution in [1.29, 1.82) is 0 Å². The molecule has 2 heteroatoms. The summed E-state index contributed by atoms with van der Waals surface area (Å²) < 4.78 is 0. The van der Waals surface area contributed by atoms with Crippen molar-refractivity contribution >= 4 is 11.6 Å². The van der Waals surface area contributed by atoms with E-state index in [1.54, 1.807) is 0 Å². The van der Waals surface area contributed by atoms with Crippen molar-refractivity contribution in [3.63, 3.8) is 0 Å². The number of hydrogen-bond acceptors (Lipinski definition) is 1. The Kier molecular flexibility index (Phi) is 4.25. The van der Waals surface area contributed by atoms with Crippen LogP contribution in [0.5, 0.6) is 0 Å². The van der Waals surface area contributed by atoms with Gasteiger partial charge in [0.25, 0.3) is 0 Å². The van der Waals surface area contributed by atoms with Gasteiger partial charge in [-0.2, -0.15) is 0 Å². The summed E-state index contributed by atoms with van der Waals surface area (Å²) in [6.45, 7) is 3.27. The lowest BCUT2D eigenvalue weighted by atomic mass is 9.81. The van der Waals surface area contributed by atoms with Crippen molar-refractivity contribution < 1.29 is 0 Å². The molecular formula is C14H20ClN. The number of hydrogen-bond donors (Lipinski definition) is 1. The average molecular weight is 238 g/mol. The minimum Gasteiger partial charge on any atom is -0.314 e. The lowest BCUT2D eigenvalue weighted by Gasteiger charge is -2.30. The second-order valence-corrected chi connectivity index (χ2v) is 5.11. The van der Waals surface area contributed by atoms with Gasteiger partial charge in [-0.15, -0.1) is 0 Å². The van der Waals surface area contributed by atoms with E-state index in [0.29, 0.717) is 6.04 Å². The predicted molar refractivity (Wildman–Crippen MR) is 70.1 cm³/mol. The van der Waals surface area contributed by atoms with Gasteiger partial charge in [0.05, 0.1) is 0 Å². The fourth-order valence-electron chi connectivity index (χ4n) is 2.70. The van der Waals surface area contributed by atoms with Crippen molar-refractivity contribution in [3.05, 3.63) is 34.9 Å². The molecule has 1 aromatic rings. The Bertz CT molecular complexity index is 318. The second-order valence-electron chi connectivity index (χ2n) is 4.67. The van der Waals surface area contributed by atoms with E-state index in [1.165, 1.54) is 31.2 Å². The Morgan fingerprint density at radius 3 is 2.69 bits per heavy atom. The SMILES string of the molecule is CCNC1CCCC(c2ccc(Cl)cc2)C1. The standard InChI is InChI=1S/C14H20ClN/c1-2-16-14-5-3-4-12(10-14)11-6-8-13(15)9-7-11/h6-9,12,14,16H,2-5,10H2,1H3. The van der Waals surface area contributed by atoms with Gasteiger partial charge in [0.2, 0.25) is 0 Å². The Morgan fingerprint density at radius 1 is 1.25 bits per heavy atom. The van der Waals surface area contributed by atoms with Gasteiger partial charge in [-0.05, 0) is 49.4 Å². The van der Waals surface area contributed by atoms with Crippen LogP contribution >= 0.6 is 11.6 Å². The molecule has 2 rings (SSSR count). The maximum Gasteiger partial charge on any atom is 0.0406 e. The maximum atomic E-state index is 5.92. The van der Waals surface area contributed by atoms with E-state index in [1.807, 2.05) is 12.1 Å². The minimum atomic E-state index is 0.708. The highest BCUT2D eigenvalue weighted by molar-refractivity contribution is 6.30. The molecule has 0 bridgehead atoms. The second kappa shape index (κ2) is 5.70. The van der Waals surface area contributed by atoms with E-state index < -0.39 is 0 Å². The Balaban J connectivity index is 2.01. The first-order chi connectivity index (χ1) is 7.79. The van der Waals surface area contributed by atoms with Crippen molar-refractivity contribution in [3.8, 4) is 0 Å². The zero-order valence-corrected chi connectivity index (χ0v) is 10.6. The van der Waals surface area contributed by atoms with Gasteiger partial charge in [0.1, 0.15) is 0 Å². The van der Waals surface area contributed by atoms with E-state index in [2.05, 4.69) is 24.4 Å². The van der Waals surface area contributed by atoms with Crippen molar-refractivity contribution in [1.82, 2.24) is 5.32 Å². The normalized spacial score (nSPS) is 25.6. The van der Waals surface area contributed by atoms with Gasteiger partial charge >= 0.3 is 0 Å². The fourth-order valence-corrected chi connectivity index (χ4v) is 2.83. The van der Waals surface area contributed by atoms with E-state index in [-0.39, 0.29) is 0 Å². The van der Waals surface area contributed by atoms with Crippen LogP contribution in [-0.2, 0) is 0 Å². The van der Waals surface area contributed by atoms with Crippen LogP contribution in [0.2, 0.25) is 5.02 Å². The first-order valence-electron chi connectivity index (χ1n) is 6.28. The van der Waals surface area contributed by atoms with Crippen LogP contribution in [0.25, 0.3) is 0 Å². The first-order valence-corrected chi connectivity index (χ1v) is 6.66. The van der Waals surface area contributed by atoms with E-state index in [4.69, 9.17) is 11.6 Å². The van der Waals surface area contributed by atoms with Crippen LogP contribution in [0.3, 0.4) is 0 Å². The summed E-state index contributed by atoms with van der Waals surface area (Å²) in [5.41, 5.74) is 1.45. The Labute approximate surface area is 103 Å². The summed E-state index contributed by atoms with van der Waals surface area (Å²) >= 11 is 5.92. The van der Waals surface area contributed by atoms with Crippen molar-refractivity contribution in [2.75, 3.05) is 6.54 Å². The van der Waals surface area contributed by atoms with Crippen LogP contribution in [0.1, 0.15) is 44.1 Å². The largest absolute Gasteiger partial charge is 0.314 e. The maximum absolute atomic E-state index is 5.92. The molecule has 0 radical (unpaired) electrons. The van der Waals surface area contributed by atoms with Crippen molar-refractivity contribution in [2.45, 2.75) is 44.6 Å². The molecule has 0 heterocycles. The third kappa shape index (κ3) is 2.99. The molecule has 2 atom stereocenters. The highest BCUT2D eigenvalue weighted by atomic mass is 35.5. The number of benzene rings is 1. The lowest BCUT2D eigenvalue weighted by Crippen LogP contribution is -2.33. The summed E-state index contributed by atoms with van der Waals surface area (Å²) in [5, 5.41) is 4.41. The summed E-state index contributed by atoms with van der Waals surface area (Å²) in [6, 6.07) is 9.09. The van der Waals surface area contributed by atoms with Gasteiger partial charge in [0.15, 0.2) is 0 Å². The Morgan fingerprint density at radius 2 is 2.00 bits per heavy atom. The van der Waals surface area contributed by atoms with E-state index in [0.717, 1.165) is 17.5 Å². The highest BCUT2D eigenvalue weighted by Crippen LogP contribution is 2.33. The molecule has 1 saturated carbocycles. The van der Waals surface area contributed by atoms with Gasteiger partial charge in [-0.3, -0.25) is 0 Å². The minimum absolute atomic E-state index is 0.708. The van der Waals surface area contributed by atoms with Gasteiger partial charge < -0.3 is 5.32 Å². The van der Waals surface area contributed by atoms with Crippen LogP contribution in [0.15, 0.2) is 24.3 Å². The third-order valence-electron chi connectivity index (χ3n) is 3.51. The molecule has 1 aliphatic carbocycles. The molecule has 16 heavy (non-hydrogen) atoms. The zero-order chi connectivity index (χ0) is 11.4. The predicted octanol–water partition coefficient (Wildman–Crippen LogP) is 3.98. The summed E-state index contributed by atoms with van der Waals surface area (Å²) in [4.78, 5) is 0. The quantitative estimate of drug-likeness (QED) is 0.839. The molecule has 1 aromatic carbocycles. The molecule has 0 amide bonds. The van der Waals surface area contributed by atoms with Crippen molar-refractivity contribution in [2.24, 2.45) is 0 Å². The number of rotatable bonds is 3. The molecule has 0 spiro atoms. The van der Waals surface area contributed by atoms with E-state index in [9.17, 15) is 0 Å². The highest BCUT2D eigenvalue weighted by Gasteiger charge is 2.22. The average Bonchev–Trinajstić information content (AvgIpc) is 2.31. The molecule has 1 aliphatic rings. The molecule has 88 valence electrons.